The van der Waals surface area contributed by atoms with E-state index in [9.17, 15) is 4.79 Å². The van der Waals surface area contributed by atoms with E-state index in [1.165, 1.54) is 6.42 Å². The van der Waals surface area contributed by atoms with Gasteiger partial charge in [-0.05, 0) is 26.3 Å². The molecular weight excluding hydrogens is 282 g/mol. The molecule has 7 heteroatoms. The van der Waals surface area contributed by atoms with Crippen molar-refractivity contribution < 1.29 is 9.53 Å². The summed E-state index contributed by atoms with van der Waals surface area (Å²) in [5, 5.41) is 3.02. The average Bonchev–Trinajstić information content (AvgIpc) is 3.08. The van der Waals surface area contributed by atoms with Crippen LogP contribution in [0.2, 0.25) is 0 Å². The maximum absolute atomic E-state index is 12.4. The summed E-state index contributed by atoms with van der Waals surface area (Å²) in [4.78, 5) is 24.0. The Balaban J connectivity index is 1.51. The predicted molar refractivity (Wildman–Crippen MR) is 82.5 cm³/mol. The van der Waals surface area contributed by atoms with Gasteiger partial charge in [-0.25, -0.2) is 9.78 Å². The first-order valence-corrected chi connectivity index (χ1v) is 8.08. The van der Waals surface area contributed by atoms with Gasteiger partial charge >= 0.3 is 6.03 Å². The van der Waals surface area contributed by atoms with Crippen LogP contribution in [0.4, 0.5) is 4.79 Å². The second-order valence-electron chi connectivity index (χ2n) is 6.09. The minimum atomic E-state index is -0.00108. The Bertz CT molecular complexity index is 472. The molecule has 1 aromatic rings. The molecule has 2 aliphatic heterocycles. The highest BCUT2D eigenvalue weighted by Crippen LogP contribution is 2.21. The zero-order chi connectivity index (χ0) is 15.4. The highest BCUT2D eigenvalue weighted by atomic mass is 16.5. The molecule has 0 bridgehead atoms. The fourth-order valence-electron chi connectivity index (χ4n) is 3.09. The number of H-pyrrole nitrogens is 1. The lowest BCUT2D eigenvalue weighted by Crippen LogP contribution is -2.53. The summed E-state index contributed by atoms with van der Waals surface area (Å²) in [7, 11) is 2.07. The molecule has 0 aliphatic carbocycles. The number of nitrogens with one attached hydrogen (secondary N) is 2. The molecule has 0 unspecified atom stereocenters. The normalized spacial score (nSPS) is 26.9. The first-order valence-electron chi connectivity index (χ1n) is 8.08. The van der Waals surface area contributed by atoms with Gasteiger partial charge in [-0.3, -0.25) is 4.90 Å². The van der Waals surface area contributed by atoms with Crippen LogP contribution in [0.25, 0.3) is 0 Å². The summed E-state index contributed by atoms with van der Waals surface area (Å²) in [6.45, 7) is 3.66. The predicted octanol–water partition coefficient (Wildman–Crippen LogP) is 0.977. The first kappa shape index (κ1) is 15.3. The van der Waals surface area contributed by atoms with E-state index < -0.39 is 0 Å². The topological polar surface area (TPSA) is 73.5 Å². The summed E-state index contributed by atoms with van der Waals surface area (Å²) < 4.78 is 5.66. The summed E-state index contributed by atoms with van der Waals surface area (Å²) in [5.41, 5.74) is 0. The van der Waals surface area contributed by atoms with Gasteiger partial charge in [0.1, 0.15) is 5.82 Å². The number of piperazine rings is 1. The highest BCUT2D eigenvalue weighted by Gasteiger charge is 2.30. The van der Waals surface area contributed by atoms with Crippen molar-refractivity contribution >= 4 is 6.03 Å². The zero-order valence-corrected chi connectivity index (χ0v) is 13.1. The number of rotatable bonds is 3. The third kappa shape index (κ3) is 3.59. The molecule has 3 heterocycles. The van der Waals surface area contributed by atoms with Crippen molar-refractivity contribution in [2.45, 2.75) is 31.4 Å². The number of nitrogens with zero attached hydrogens (tertiary/aromatic N) is 3. The van der Waals surface area contributed by atoms with E-state index in [0.29, 0.717) is 13.1 Å². The molecule has 2 atom stereocenters. The second kappa shape index (κ2) is 7.11. The van der Waals surface area contributed by atoms with Gasteiger partial charge in [-0.15, -0.1) is 0 Å². The third-order valence-corrected chi connectivity index (χ3v) is 4.53. The molecule has 1 aromatic heterocycles. The van der Waals surface area contributed by atoms with E-state index >= 15 is 0 Å². The summed E-state index contributed by atoms with van der Waals surface area (Å²) in [6.07, 6.45) is 7.11. The number of urea groups is 1. The van der Waals surface area contributed by atoms with Gasteiger partial charge in [0.2, 0.25) is 0 Å². The van der Waals surface area contributed by atoms with Crippen LogP contribution in [0, 0.1) is 0 Å². The minimum Gasteiger partial charge on any atom is -0.376 e. The number of hydrogen-bond acceptors (Lipinski definition) is 4. The van der Waals surface area contributed by atoms with Crippen LogP contribution >= 0.6 is 0 Å². The van der Waals surface area contributed by atoms with Crippen LogP contribution in [-0.2, 0) is 4.74 Å². The number of hydrogen-bond donors (Lipinski definition) is 2. The van der Waals surface area contributed by atoms with Gasteiger partial charge in [-0.2, -0.15) is 0 Å². The molecule has 2 N–H and O–H groups in total. The fraction of sp³-hybridized carbons (Fsp3) is 0.733. The number of imidazole rings is 1. The van der Waals surface area contributed by atoms with Crippen LogP contribution in [0.15, 0.2) is 12.4 Å². The van der Waals surface area contributed by atoms with Gasteiger partial charge in [0.25, 0.3) is 0 Å². The number of aromatic nitrogens is 2. The van der Waals surface area contributed by atoms with E-state index in [1.807, 2.05) is 11.1 Å². The van der Waals surface area contributed by atoms with E-state index in [4.69, 9.17) is 4.74 Å². The Hall–Kier alpha value is -1.60. The summed E-state index contributed by atoms with van der Waals surface area (Å²) >= 11 is 0. The van der Waals surface area contributed by atoms with Crippen molar-refractivity contribution in [3.63, 3.8) is 0 Å². The van der Waals surface area contributed by atoms with Crippen LogP contribution < -0.4 is 5.32 Å². The van der Waals surface area contributed by atoms with Crippen LogP contribution in [0.5, 0.6) is 0 Å². The monoisotopic (exact) mass is 307 g/mol. The molecule has 22 heavy (non-hydrogen) atoms. The van der Waals surface area contributed by atoms with Crippen molar-refractivity contribution in [2.24, 2.45) is 0 Å². The SMILES string of the molecule is CN1CCN(C(=O)NC[C@@H]2CCCCO2)C[C@H]1c1ncc[nH]1. The molecule has 2 fully saturated rings. The Labute approximate surface area is 131 Å². The molecule has 2 amide bonds. The number of ether oxygens (including phenoxy) is 1. The molecular formula is C15H25N5O2. The molecule has 0 radical (unpaired) electrons. The van der Waals surface area contributed by atoms with Crippen molar-refractivity contribution in [2.75, 3.05) is 39.8 Å². The lowest BCUT2D eigenvalue weighted by molar-refractivity contribution is 0.0170. The molecule has 0 spiro atoms. The van der Waals surface area contributed by atoms with Gasteiger partial charge in [0.15, 0.2) is 0 Å². The fourth-order valence-corrected chi connectivity index (χ4v) is 3.09. The number of amides is 2. The van der Waals surface area contributed by atoms with E-state index in [1.54, 1.807) is 6.20 Å². The van der Waals surface area contributed by atoms with Crippen molar-refractivity contribution in [1.29, 1.82) is 0 Å². The molecule has 2 saturated heterocycles. The van der Waals surface area contributed by atoms with E-state index in [2.05, 4.69) is 27.2 Å². The number of carbonyl (C=O) groups is 1. The second-order valence-corrected chi connectivity index (χ2v) is 6.09. The third-order valence-electron chi connectivity index (χ3n) is 4.53. The van der Waals surface area contributed by atoms with Crippen molar-refractivity contribution in [3.8, 4) is 0 Å². The molecule has 122 valence electrons. The number of aromatic amines is 1. The lowest BCUT2D eigenvalue weighted by Gasteiger charge is -2.38. The van der Waals surface area contributed by atoms with Crippen LogP contribution in [0.3, 0.4) is 0 Å². The molecule has 0 aromatic carbocycles. The first-order chi connectivity index (χ1) is 10.7. The Kier molecular flexibility index (Phi) is 4.94. The largest absolute Gasteiger partial charge is 0.376 e. The lowest BCUT2D eigenvalue weighted by atomic mass is 10.1. The standard InChI is InChI=1S/C15H25N5O2/c1-19-7-8-20(11-13(19)14-16-5-6-17-14)15(21)18-10-12-4-2-3-9-22-12/h5-6,12-13H,2-4,7-11H2,1H3,(H,16,17)(H,18,21)/t12-,13-/m0/s1. The van der Waals surface area contributed by atoms with Gasteiger partial charge in [-0.1, -0.05) is 0 Å². The molecule has 7 nitrogen and oxygen atoms in total. The zero-order valence-electron chi connectivity index (χ0n) is 13.1. The van der Waals surface area contributed by atoms with Gasteiger partial charge in [0.05, 0.1) is 12.1 Å². The Morgan fingerprint density at radius 3 is 3.14 bits per heavy atom. The van der Waals surface area contributed by atoms with E-state index in [-0.39, 0.29) is 18.2 Å². The molecule has 3 rings (SSSR count). The van der Waals surface area contributed by atoms with Crippen molar-refractivity contribution in [1.82, 2.24) is 25.1 Å². The number of likely N-dealkylation sites (N-methyl/N-ethyl adjacent to an activating group) is 1. The maximum Gasteiger partial charge on any atom is 0.317 e. The summed E-state index contributed by atoms with van der Waals surface area (Å²) in [5.74, 6) is 0.913. The quantitative estimate of drug-likeness (QED) is 0.873. The van der Waals surface area contributed by atoms with Crippen molar-refractivity contribution in [3.05, 3.63) is 18.2 Å². The van der Waals surface area contributed by atoms with Gasteiger partial charge in [0, 0.05) is 45.2 Å². The maximum atomic E-state index is 12.4. The Morgan fingerprint density at radius 2 is 2.41 bits per heavy atom. The average molecular weight is 307 g/mol. The van der Waals surface area contributed by atoms with Gasteiger partial charge < -0.3 is 19.9 Å². The minimum absolute atomic E-state index is 0.00108. The smallest absolute Gasteiger partial charge is 0.317 e. The van der Waals surface area contributed by atoms with Crippen LogP contribution in [-0.4, -0.2) is 71.7 Å². The molecule has 2 aliphatic rings. The Morgan fingerprint density at radius 1 is 1.50 bits per heavy atom. The molecule has 0 saturated carbocycles. The van der Waals surface area contributed by atoms with E-state index in [0.717, 1.165) is 38.4 Å². The summed E-state index contributed by atoms with van der Waals surface area (Å²) in [6, 6.07) is 0.124. The highest BCUT2D eigenvalue weighted by molar-refractivity contribution is 5.74. The van der Waals surface area contributed by atoms with Crippen LogP contribution in [0.1, 0.15) is 31.1 Å². The number of carbonyl (C=O) groups excluding carboxylic acids is 1.